The van der Waals surface area contributed by atoms with Crippen molar-refractivity contribution in [3.8, 4) is 0 Å². The third-order valence-electron chi connectivity index (χ3n) is 1.12. The fourth-order valence-electron chi connectivity index (χ4n) is 0.608. The summed E-state index contributed by atoms with van der Waals surface area (Å²) in [5.74, 6) is -1.18. The third kappa shape index (κ3) is 1.05. The summed E-state index contributed by atoms with van der Waals surface area (Å²) in [6.45, 7) is -0.0891. The van der Waals surface area contributed by atoms with E-state index in [1.165, 1.54) is 0 Å². The number of aliphatic carboxylic acids is 1. The molecule has 5 nitrogen and oxygen atoms in total. The average molecular weight is 141 g/mol. The van der Waals surface area contributed by atoms with E-state index in [1.807, 2.05) is 0 Å². The minimum absolute atomic E-state index is 0.0891. The molecule has 1 atom stereocenters. The second kappa shape index (κ2) is 2.20. The lowest BCUT2D eigenvalue weighted by molar-refractivity contribution is -0.144. The number of ether oxygens (including phenoxy) is 1. The molecule has 1 heterocycles. The number of hydrogen-bond donors (Lipinski definition) is 1. The van der Waals surface area contributed by atoms with Crippen molar-refractivity contribution in [1.82, 2.24) is 4.81 Å². The second-order valence-electron chi connectivity index (χ2n) is 1.86. The van der Waals surface area contributed by atoms with Crippen molar-refractivity contribution in [2.75, 3.05) is 6.54 Å². The van der Waals surface area contributed by atoms with Gasteiger partial charge in [-0.1, -0.05) is 0 Å². The highest BCUT2D eigenvalue weighted by atomic mass is 16.6. The Hall–Kier alpha value is -1.20. The first-order valence-corrected chi connectivity index (χ1v) is 2.57. The highest BCUT2D eigenvalue weighted by Crippen LogP contribution is 2.07. The molecule has 1 N–H and O–H groups in total. The Morgan fingerprint density at radius 1 is 1.90 bits per heavy atom. The number of carboxylic acids is 1. The molecular formula is C4H4BNO4. The van der Waals surface area contributed by atoms with Crippen LogP contribution in [0.1, 0.15) is 0 Å². The summed E-state index contributed by atoms with van der Waals surface area (Å²) >= 11 is 0. The summed E-state index contributed by atoms with van der Waals surface area (Å²) in [6.07, 6.45) is -1.91. The first-order chi connectivity index (χ1) is 4.61. The van der Waals surface area contributed by atoms with Gasteiger partial charge in [0.1, 0.15) is 0 Å². The first kappa shape index (κ1) is 6.92. The molecule has 0 aliphatic carbocycles. The molecule has 1 aliphatic heterocycles. The van der Waals surface area contributed by atoms with Crippen LogP contribution >= 0.6 is 0 Å². The SMILES string of the molecule is [B]N1CC(C(=O)O)OC1=O. The van der Waals surface area contributed by atoms with Crippen molar-refractivity contribution in [2.45, 2.75) is 6.10 Å². The monoisotopic (exact) mass is 141 g/mol. The Kier molecular flexibility index (Phi) is 1.53. The highest BCUT2D eigenvalue weighted by Gasteiger charge is 2.32. The Balaban J connectivity index is 2.57. The van der Waals surface area contributed by atoms with Crippen LogP contribution in [0.25, 0.3) is 0 Å². The van der Waals surface area contributed by atoms with Gasteiger partial charge < -0.3 is 14.7 Å². The Labute approximate surface area is 58.0 Å². The molecule has 1 saturated heterocycles. The number of hydrogen-bond acceptors (Lipinski definition) is 3. The maximum Gasteiger partial charge on any atom is 0.397 e. The molecule has 0 bridgehead atoms. The van der Waals surface area contributed by atoms with Crippen LogP contribution in [0, 0.1) is 0 Å². The van der Waals surface area contributed by atoms with E-state index >= 15 is 0 Å². The van der Waals surface area contributed by atoms with Crippen molar-refractivity contribution in [3.63, 3.8) is 0 Å². The minimum atomic E-state index is -1.18. The van der Waals surface area contributed by atoms with E-state index in [2.05, 4.69) is 4.74 Å². The summed E-state index contributed by atoms with van der Waals surface area (Å²) < 4.78 is 4.30. The Morgan fingerprint density at radius 3 is 2.70 bits per heavy atom. The van der Waals surface area contributed by atoms with Crippen molar-refractivity contribution in [2.24, 2.45) is 0 Å². The zero-order valence-electron chi connectivity index (χ0n) is 4.98. The largest absolute Gasteiger partial charge is 0.478 e. The molecule has 2 radical (unpaired) electrons. The van der Waals surface area contributed by atoms with Crippen LogP contribution in [0.15, 0.2) is 0 Å². The zero-order chi connectivity index (χ0) is 7.72. The van der Waals surface area contributed by atoms with Crippen LogP contribution in [0.5, 0.6) is 0 Å². The molecule has 52 valence electrons. The molecule has 0 spiro atoms. The van der Waals surface area contributed by atoms with Gasteiger partial charge in [0.15, 0.2) is 0 Å². The lowest BCUT2D eigenvalue weighted by atomic mass is 10.3. The van der Waals surface area contributed by atoms with Gasteiger partial charge >= 0.3 is 12.1 Å². The van der Waals surface area contributed by atoms with E-state index in [4.69, 9.17) is 13.1 Å². The summed E-state index contributed by atoms with van der Waals surface area (Å²) in [5.41, 5.74) is 0. The molecule has 1 aliphatic rings. The van der Waals surface area contributed by atoms with Crippen LogP contribution in [0.2, 0.25) is 0 Å². The molecule has 10 heavy (non-hydrogen) atoms. The van der Waals surface area contributed by atoms with Gasteiger partial charge in [-0.2, -0.15) is 0 Å². The number of carbonyl (C=O) groups excluding carboxylic acids is 1. The van der Waals surface area contributed by atoms with Gasteiger partial charge in [-0.3, -0.25) is 0 Å². The molecule has 0 saturated carbocycles. The van der Waals surface area contributed by atoms with Crippen LogP contribution in [-0.4, -0.2) is 42.6 Å². The number of rotatable bonds is 1. The van der Waals surface area contributed by atoms with Crippen LogP contribution < -0.4 is 0 Å². The summed E-state index contributed by atoms with van der Waals surface area (Å²) in [6, 6.07) is 0. The van der Waals surface area contributed by atoms with Crippen LogP contribution in [0.4, 0.5) is 4.79 Å². The summed E-state index contributed by atoms with van der Waals surface area (Å²) in [4.78, 5) is 21.3. The van der Waals surface area contributed by atoms with Crippen molar-refractivity contribution in [1.29, 1.82) is 0 Å². The fourth-order valence-corrected chi connectivity index (χ4v) is 0.608. The van der Waals surface area contributed by atoms with Crippen LogP contribution in [-0.2, 0) is 9.53 Å². The number of carbonyl (C=O) groups is 2. The molecule has 0 aromatic carbocycles. The molecule has 1 unspecified atom stereocenters. The number of carboxylic acid groups (broad SMARTS) is 1. The maximum absolute atomic E-state index is 10.4. The highest BCUT2D eigenvalue weighted by molar-refractivity contribution is 6.13. The van der Waals surface area contributed by atoms with E-state index in [-0.39, 0.29) is 6.54 Å². The molecular weight excluding hydrogens is 137 g/mol. The van der Waals surface area contributed by atoms with E-state index in [1.54, 1.807) is 0 Å². The molecule has 0 aromatic rings. The van der Waals surface area contributed by atoms with Gasteiger partial charge in [-0.15, -0.1) is 0 Å². The first-order valence-electron chi connectivity index (χ1n) is 2.57. The maximum atomic E-state index is 10.4. The quantitative estimate of drug-likeness (QED) is 0.474. The number of cyclic esters (lactones) is 1. The molecule has 1 fully saturated rings. The fraction of sp³-hybridized carbons (Fsp3) is 0.500. The lowest BCUT2D eigenvalue weighted by Crippen LogP contribution is -2.25. The number of amides is 1. The van der Waals surface area contributed by atoms with E-state index in [0.29, 0.717) is 0 Å². The molecule has 1 amide bonds. The topological polar surface area (TPSA) is 66.8 Å². The van der Waals surface area contributed by atoms with Gasteiger partial charge in [-0.25, -0.2) is 9.59 Å². The van der Waals surface area contributed by atoms with Crippen molar-refractivity contribution < 1.29 is 19.4 Å². The Bertz CT molecular complexity index is 182. The van der Waals surface area contributed by atoms with E-state index < -0.39 is 18.2 Å². The normalized spacial score (nSPS) is 24.6. The lowest BCUT2D eigenvalue weighted by Gasteiger charge is -2.00. The van der Waals surface area contributed by atoms with E-state index in [9.17, 15) is 9.59 Å². The Morgan fingerprint density at radius 2 is 2.50 bits per heavy atom. The molecule has 1 rings (SSSR count). The predicted molar refractivity (Wildman–Crippen MR) is 30.4 cm³/mol. The standard InChI is InChI=1S/C4H4BNO4/c5-6-1-2(3(7)8)10-4(6)9/h2H,1H2,(H,7,8). The zero-order valence-corrected chi connectivity index (χ0v) is 4.98. The number of nitrogens with zero attached hydrogens (tertiary/aromatic N) is 1. The van der Waals surface area contributed by atoms with Gasteiger partial charge in [0.05, 0.1) is 6.54 Å². The van der Waals surface area contributed by atoms with Gasteiger partial charge in [-0.05, 0) is 0 Å². The van der Waals surface area contributed by atoms with Crippen LogP contribution in [0.3, 0.4) is 0 Å². The smallest absolute Gasteiger partial charge is 0.397 e. The third-order valence-corrected chi connectivity index (χ3v) is 1.12. The summed E-state index contributed by atoms with van der Waals surface area (Å²) in [7, 11) is 5.00. The van der Waals surface area contributed by atoms with Gasteiger partial charge in [0, 0.05) is 0 Å². The predicted octanol–water partition coefficient (Wildman–Crippen LogP) is -1.02. The van der Waals surface area contributed by atoms with Crippen molar-refractivity contribution >= 4 is 20.0 Å². The molecule has 0 aromatic heterocycles. The van der Waals surface area contributed by atoms with E-state index in [0.717, 1.165) is 4.81 Å². The minimum Gasteiger partial charge on any atom is -0.478 e. The molecule has 6 heteroatoms. The van der Waals surface area contributed by atoms with Gasteiger partial charge in [0.2, 0.25) is 14.1 Å². The summed E-state index contributed by atoms with van der Waals surface area (Å²) in [5, 5.41) is 8.29. The van der Waals surface area contributed by atoms with Gasteiger partial charge in [0.25, 0.3) is 0 Å². The average Bonchev–Trinajstić information content (AvgIpc) is 2.13. The second-order valence-corrected chi connectivity index (χ2v) is 1.86. The van der Waals surface area contributed by atoms with Crippen molar-refractivity contribution in [3.05, 3.63) is 0 Å².